The minimum atomic E-state index is -0.886. The van der Waals surface area contributed by atoms with E-state index in [0.717, 1.165) is 6.07 Å². The van der Waals surface area contributed by atoms with Crippen LogP contribution in [-0.4, -0.2) is 28.9 Å². The van der Waals surface area contributed by atoms with Crippen molar-refractivity contribution in [1.82, 2.24) is 0 Å². The molecule has 0 heterocycles. The second-order valence-electron chi connectivity index (χ2n) is 3.26. The number of fused-ring (bicyclic) bond motifs is 1. The molecule has 0 aliphatic heterocycles. The van der Waals surface area contributed by atoms with Crippen LogP contribution in [0.1, 0.15) is 15.9 Å². The number of Topliss-reactive ketones (excluding diaryl/α,β-unsaturated/α-hetero) is 2. The Hall–Kier alpha value is -2.30. The molecule has 0 amide bonds. The molecule has 1 aliphatic rings. The Morgan fingerprint density at radius 2 is 1.69 bits per heavy atom. The Morgan fingerprint density at radius 3 is 2.31 bits per heavy atom. The van der Waals surface area contributed by atoms with Gasteiger partial charge in [-0.15, -0.1) is 0 Å². The molecule has 0 bridgehead atoms. The molecule has 5 nitrogen and oxygen atoms in total. The van der Waals surface area contributed by atoms with E-state index in [1.54, 1.807) is 0 Å². The first-order valence-corrected chi connectivity index (χ1v) is 4.46. The van der Waals surface area contributed by atoms with E-state index >= 15 is 0 Å². The Morgan fingerprint density at radius 1 is 1.06 bits per heavy atom. The van der Waals surface area contributed by atoms with Crippen LogP contribution >= 0.6 is 0 Å². The first-order valence-electron chi connectivity index (χ1n) is 4.46. The highest BCUT2D eigenvalue weighted by molar-refractivity contribution is 6.51. The third-order valence-electron chi connectivity index (χ3n) is 2.35. The normalized spacial score (nSPS) is 14.4. The number of benzene rings is 1. The number of phenols is 2. The minimum absolute atomic E-state index is 0.0986. The van der Waals surface area contributed by atoms with Crippen molar-refractivity contribution < 1.29 is 24.5 Å². The fourth-order valence-electron chi connectivity index (χ4n) is 1.56. The summed E-state index contributed by atoms with van der Waals surface area (Å²) in [4.78, 5) is 23.1. The molecule has 0 fully saturated rings. The predicted molar refractivity (Wildman–Crippen MR) is 54.1 cm³/mol. The first-order chi connectivity index (χ1) is 7.56. The summed E-state index contributed by atoms with van der Waals surface area (Å²) in [6.07, 6.45) is 1.23. The van der Waals surface area contributed by atoms with Gasteiger partial charge in [0, 0.05) is 5.56 Å². The SMILES string of the molecule is COC1=Cc2c(O)ccc(O)c2C(=O)C1=O. The highest BCUT2D eigenvalue weighted by Crippen LogP contribution is 2.34. The number of allylic oxidation sites excluding steroid dienone is 1. The predicted octanol–water partition coefficient (Wildman–Crippen LogP) is 0.851. The van der Waals surface area contributed by atoms with Crippen LogP contribution in [0.3, 0.4) is 0 Å². The lowest BCUT2D eigenvalue weighted by Crippen LogP contribution is -2.22. The van der Waals surface area contributed by atoms with Crippen LogP contribution in [0.2, 0.25) is 0 Å². The third-order valence-corrected chi connectivity index (χ3v) is 2.35. The lowest BCUT2D eigenvalue weighted by atomic mass is 9.92. The Bertz CT molecular complexity index is 527. The van der Waals surface area contributed by atoms with Gasteiger partial charge in [0.1, 0.15) is 11.5 Å². The second kappa shape index (κ2) is 3.37. The molecule has 0 saturated carbocycles. The average Bonchev–Trinajstić information content (AvgIpc) is 2.27. The van der Waals surface area contributed by atoms with Crippen LogP contribution in [0.5, 0.6) is 11.5 Å². The van der Waals surface area contributed by atoms with Gasteiger partial charge in [0.25, 0.3) is 5.78 Å². The van der Waals surface area contributed by atoms with Crippen LogP contribution in [-0.2, 0) is 9.53 Å². The summed E-state index contributed by atoms with van der Waals surface area (Å²) >= 11 is 0. The van der Waals surface area contributed by atoms with E-state index in [1.807, 2.05) is 0 Å². The number of aromatic hydroxyl groups is 2. The van der Waals surface area contributed by atoms with E-state index in [4.69, 9.17) is 4.74 Å². The van der Waals surface area contributed by atoms with Crippen molar-refractivity contribution in [3.8, 4) is 11.5 Å². The lowest BCUT2D eigenvalue weighted by molar-refractivity contribution is -0.114. The van der Waals surface area contributed by atoms with Crippen molar-refractivity contribution in [2.75, 3.05) is 7.11 Å². The summed E-state index contributed by atoms with van der Waals surface area (Å²) in [5.41, 5.74) is -0.0905. The maximum Gasteiger partial charge on any atom is 0.268 e. The Balaban J connectivity index is 2.77. The Kier molecular flexibility index (Phi) is 2.16. The summed E-state index contributed by atoms with van der Waals surface area (Å²) in [7, 11) is 1.25. The molecule has 0 aromatic heterocycles. The maximum absolute atomic E-state index is 11.6. The number of ketones is 2. The van der Waals surface area contributed by atoms with Gasteiger partial charge >= 0.3 is 0 Å². The summed E-state index contributed by atoms with van der Waals surface area (Å²) in [5.74, 6) is -2.40. The number of hydrogen-bond acceptors (Lipinski definition) is 5. The van der Waals surface area contributed by atoms with E-state index in [0.29, 0.717) is 0 Å². The standard InChI is InChI=1S/C11H8O5/c1-16-8-4-5-6(12)2-3-7(13)9(5)11(15)10(8)14/h2-4,12-13H,1H3. The van der Waals surface area contributed by atoms with Crippen molar-refractivity contribution in [3.05, 3.63) is 29.0 Å². The lowest BCUT2D eigenvalue weighted by Gasteiger charge is -2.15. The highest BCUT2D eigenvalue weighted by Gasteiger charge is 2.32. The fourth-order valence-corrected chi connectivity index (χ4v) is 1.56. The van der Waals surface area contributed by atoms with E-state index < -0.39 is 11.6 Å². The smallest absolute Gasteiger partial charge is 0.268 e. The van der Waals surface area contributed by atoms with Crippen molar-refractivity contribution in [2.45, 2.75) is 0 Å². The molecule has 0 atom stereocenters. The second-order valence-corrected chi connectivity index (χ2v) is 3.26. The molecule has 0 unspecified atom stereocenters. The molecule has 0 spiro atoms. The summed E-state index contributed by atoms with van der Waals surface area (Å²) in [6.45, 7) is 0. The third kappa shape index (κ3) is 1.25. The zero-order valence-electron chi connectivity index (χ0n) is 8.35. The van der Waals surface area contributed by atoms with Crippen LogP contribution in [0, 0.1) is 0 Å². The van der Waals surface area contributed by atoms with Crippen LogP contribution in [0.4, 0.5) is 0 Å². The molecule has 2 rings (SSSR count). The molecule has 1 aromatic carbocycles. The van der Waals surface area contributed by atoms with Crippen LogP contribution in [0.15, 0.2) is 17.9 Å². The van der Waals surface area contributed by atoms with Crippen molar-refractivity contribution >= 4 is 17.6 Å². The van der Waals surface area contributed by atoms with Crippen LogP contribution in [0.25, 0.3) is 6.08 Å². The number of hydrogen-bond donors (Lipinski definition) is 2. The number of rotatable bonds is 1. The number of phenolic OH excluding ortho intramolecular Hbond substituents is 2. The maximum atomic E-state index is 11.6. The topological polar surface area (TPSA) is 83.8 Å². The molecule has 0 saturated heterocycles. The summed E-state index contributed by atoms with van der Waals surface area (Å²) < 4.78 is 4.72. The van der Waals surface area contributed by atoms with Gasteiger partial charge in [0.2, 0.25) is 5.78 Å². The van der Waals surface area contributed by atoms with Gasteiger partial charge in [0.05, 0.1) is 12.7 Å². The summed E-state index contributed by atoms with van der Waals surface area (Å²) in [5, 5.41) is 19.0. The summed E-state index contributed by atoms with van der Waals surface area (Å²) in [6, 6.07) is 2.39. The minimum Gasteiger partial charge on any atom is -0.507 e. The van der Waals surface area contributed by atoms with E-state index in [1.165, 1.54) is 19.3 Å². The average molecular weight is 220 g/mol. The zero-order valence-corrected chi connectivity index (χ0v) is 8.35. The van der Waals surface area contributed by atoms with Gasteiger partial charge < -0.3 is 14.9 Å². The van der Waals surface area contributed by atoms with Gasteiger partial charge in [-0.2, -0.15) is 0 Å². The van der Waals surface area contributed by atoms with E-state index in [-0.39, 0.29) is 28.4 Å². The largest absolute Gasteiger partial charge is 0.507 e. The molecular weight excluding hydrogens is 212 g/mol. The molecule has 5 heteroatoms. The zero-order chi connectivity index (χ0) is 11.9. The van der Waals surface area contributed by atoms with Crippen molar-refractivity contribution in [2.24, 2.45) is 0 Å². The van der Waals surface area contributed by atoms with E-state index in [9.17, 15) is 19.8 Å². The van der Waals surface area contributed by atoms with Gasteiger partial charge in [-0.25, -0.2) is 0 Å². The molecular formula is C11H8O5. The highest BCUT2D eigenvalue weighted by atomic mass is 16.5. The number of methoxy groups -OCH3 is 1. The molecule has 2 N–H and O–H groups in total. The van der Waals surface area contributed by atoms with E-state index in [2.05, 4.69) is 0 Å². The van der Waals surface area contributed by atoms with Crippen molar-refractivity contribution in [1.29, 1.82) is 0 Å². The van der Waals surface area contributed by atoms with Gasteiger partial charge in [-0.3, -0.25) is 9.59 Å². The fraction of sp³-hybridized carbons (Fsp3) is 0.0909. The van der Waals surface area contributed by atoms with Crippen LogP contribution < -0.4 is 0 Å². The van der Waals surface area contributed by atoms with Crippen molar-refractivity contribution in [3.63, 3.8) is 0 Å². The molecule has 1 aromatic rings. The first kappa shape index (κ1) is 10.2. The number of carbonyl (C=O) groups excluding carboxylic acids is 2. The number of ether oxygens (including phenoxy) is 1. The van der Waals surface area contributed by atoms with Gasteiger partial charge in [0.15, 0.2) is 5.76 Å². The molecule has 0 radical (unpaired) electrons. The monoisotopic (exact) mass is 220 g/mol. The molecule has 1 aliphatic carbocycles. The Labute approximate surface area is 90.6 Å². The van der Waals surface area contributed by atoms with Gasteiger partial charge in [-0.05, 0) is 18.2 Å². The molecule has 82 valence electrons. The number of carbonyl (C=O) groups is 2. The quantitative estimate of drug-likeness (QED) is 0.541. The van der Waals surface area contributed by atoms with Gasteiger partial charge in [-0.1, -0.05) is 0 Å². The molecule has 16 heavy (non-hydrogen) atoms.